The van der Waals surface area contributed by atoms with Gasteiger partial charge in [0.05, 0.1) is 14.1 Å². The van der Waals surface area contributed by atoms with Gasteiger partial charge in [0.15, 0.2) is 0 Å². The van der Waals surface area contributed by atoms with Gasteiger partial charge in [-0.05, 0) is 5.28 Å². The summed E-state index contributed by atoms with van der Waals surface area (Å²) >= 11 is 0. The monoisotopic (exact) mass is 171 g/mol. The summed E-state index contributed by atoms with van der Waals surface area (Å²) in [6, 6.07) is 0. The summed E-state index contributed by atoms with van der Waals surface area (Å²) in [7, 11) is 2.85. The summed E-state index contributed by atoms with van der Waals surface area (Å²) in [6.45, 7) is 0. The molecule has 0 aromatic heterocycles. The second-order valence-corrected chi connectivity index (χ2v) is 1.18. The molecule has 55 valence electrons. The van der Waals surface area contributed by atoms with E-state index in [9.17, 15) is 10.4 Å². The van der Waals surface area contributed by atoms with Crippen LogP contribution in [-0.4, -0.2) is 24.1 Å². The fourth-order valence-corrected chi connectivity index (χ4v) is 0.0730. The third-order valence-corrected chi connectivity index (χ3v) is 0.412. The standard InChI is InChI=1S/C2H7N3O2.CH4.V/c1-4(2)5(7)3-6;;/h6H,1-2H3;1H4;/p-1/b5-3-;;. The molecular formula is C3H10N3O2V-. The summed E-state index contributed by atoms with van der Waals surface area (Å²) in [6.07, 6.45) is 0. The van der Waals surface area contributed by atoms with E-state index in [0.717, 1.165) is 5.01 Å². The first kappa shape index (κ1) is 15.8. The predicted octanol–water partition coefficient (Wildman–Crippen LogP) is 0.557. The van der Waals surface area contributed by atoms with Crippen molar-refractivity contribution in [3.8, 4) is 0 Å². The van der Waals surface area contributed by atoms with Crippen molar-refractivity contribution in [1.82, 2.24) is 5.01 Å². The average Bonchev–Trinajstić information content (AvgIpc) is 1.65. The van der Waals surface area contributed by atoms with Gasteiger partial charge >= 0.3 is 0 Å². The van der Waals surface area contributed by atoms with Gasteiger partial charge in [-0.15, -0.1) is 0 Å². The molecule has 0 aliphatic rings. The molecule has 0 aromatic rings. The molecule has 0 rings (SSSR count). The van der Waals surface area contributed by atoms with E-state index >= 15 is 0 Å². The molecule has 0 aliphatic heterocycles. The van der Waals surface area contributed by atoms with E-state index in [4.69, 9.17) is 0 Å². The second kappa shape index (κ2) is 7.58. The maximum absolute atomic E-state index is 9.88. The number of rotatable bonds is 1. The summed E-state index contributed by atoms with van der Waals surface area (Å²) in [4.78, 5) is -0.0556. The normalized spacial score (nSPS) is 8.89. The van der Waals surface area contributed by atoms with Crippen LogP contribution in [0.4, 0.5) is 0 Å². The Balaban J connectivity index is -0.000000180. The van der Waals surface area contributed by atoms with Crippen LogP contribution in [0.1, 0.15) is 7.43 Å². The molecule has 0 spiro atoms. The minimum absolute atomic E-state index is 0. The quantitative estimate of drug-likeness (QED) is 0.329. The first-order valence-electron chi connectivity index (χ1n) is 1.66. The van der Waals surface area contributed by atoms with Gasteiger partial charge in [0.2, 0.25) is 0 Å². The van der Waals surface area contributed by atoms with Crippen molar-refractivity contribution < 1.29 is 23.5 Å². The van der Waals surface area contributed by atoms with Crippen LogP contribution < -0.4 is 0 Å². The first-order chi connectivity index (χ1) is 3.18. The topological polar surface area (TPSA) is 64.7 Å². The van der Waals surface area contributed by atoms with E-state index in [-0.39, 0.29) is 31.0 Å². The number of hydrogen-bond donors (Lipinski definition) is 0. The Morgan fingerprint density at radius 2 is 1.78 bits per heavy atom. The van der Waals surface area contributed by atoms with Gasteiger partial charge in [0, 0.05) is 23.5 Å². The Kier molecular flexibility index (Phi) is 13.3. The molecule has 0 saturated heterocycles. The molecule has 0 amide bonds. The van der Waals surface area contributed by atoms with Crippen LogP contribution in [0.25, 0.3) is 0 Å². The smallest absolute Gasteiger partial charge is 0.0654 e. The minimum Gasteiger partial charge on any atom is -0.737 e. The zero-order chi connectivity index (χ0) is 5.86. The molecule has 1 radical (unpaired) electrons. The van der Waals surface area contributed by atoms with Crippen LogP contribution in [0.3, 0.4) is 0 Å². The predicted molar refractivity (Wildman–Crippen MR) is 29.8 cm³/mol. The van der Waals surface area contributed by atoms with Crippen LogP contribution >= 0.6 is 0 Å². The Morgan fingerprint density at radius 3 is 1.78 bits per heavy atom. The summed E-state index contributed by atoms with van der Waals surface area (Å²) in [5.41, 5.74) is 0. The average molecular weight is 171 g/mol. The zero-order valence-corrected chi connectivity index (χ0v) is 6.00. The van der Waals surface area contributed by atoms with Gasteiger partial charge in [0.1, 0.15) is 0 Å². The van der Waals surface area contributed by atoms with E-state index < -0.39 is 0 Å². The Morgan fingerprint density at radius 1 is 1.44 bits per heavy atom. The molecule has 5 nitrogen and oxygen atoms in total. The fourth-order valence-electron chi connectivity index (χ4n) is 0.0730. The van der Waals surface area contributed by atoms with E-state index in [2.05, 4.69) is 0 Å². The van der Waals surface area contributed by atoms with Gasteiger partial charge in [0.25, 0.3) is 0 Å². The van der Waals surface area contributed by atoms with Crippen LogP contribution in [-0.2, 0) is 18.6 Å². The Hall–Kier alpha value is -0.416. The van der Waals surface area contributed by atoms with Gasteiger partial charge in [-0.3, -0.25) is 0 Å². The molecule has 0 unspecified atom stereocenters. The third kappa shape index (κ3) is 7.58. The van der Waals surface area contributed by atoms with E-state index in [0.29, 0.717) is 0 Å². The molecule has 6 heteroatoms. The summed E-state index contributed by atoms with van der Waals surface area (Å²) < 4.78 is 0. The van der Waals surface area contributed by atoms with Gasteiger partial charge in [-0.1, -0.05) is 7.43 Å². The van der Waals surface area contributed by atoms with E-state index in [1.54, 1.807) is 0 Å². The van der Waals surface area contributed by atoms with Crippen molar-refractivity contribution in [2.45, 2.75) is 7.43 Å². The van der Waals surface area contributed by atoms with Crippen molar-refractivity contribution in [1.29, 1.82) is 0 Å². The molecule has 0 fully saturated rings. The van der Waals surface area contributed by atoms with Gasteiger partial charge in [-0.2, -0.15) is 5.01 Å². The molecule has 0 heterocycles. The molecule has 0 atom stereocenters. The SMILES string of the molecule is C.CN(C)/[N+]([O-])=N/[O-].[V]. The minimum atomic E-state index is -0.0556. The van der Waals surface area contributed by atoms with Crippen molar-refractivity contribution in [3.63, 3.8) is 0 Å². The molecule has 0 aliphatic carbocycles. The third-order valence-electron chi connectivity index (χ3n) is 0.412. The molecule has 0 bridgehead atoms. The number of nitrogens with zero attached hydrogens (tertiary/aromatic N) is 3. The molecule has 0 aromatic carbocycles. The number of hydrogen-bond acceptors (Lipinski definition) is 3. The molecule has 0 N–H and O–H groups in total. The fraction of sp³-hybridized carbons (Fsp3) is 1.00. The first-order valence-corrected chi connectivity index (χ1v) is 1.66. The van der Waals surface area contributed by atoms with Crippen molar-refractivity contribution in [2.75, 3.05) is 14.1 Å². The van der Waals surface area contributed by atoms with Crippen LogP contribution in [0.5, 0.6) is 0 Å². The van der Waals surface area contributed by atoms with Crippen LogP contribution in [0.15, 0.2) is 5.28 Å². The largest absolute Gasteiger partial charge is 0.737 e. The maximum atomic E-state index is 9.88. The summed E-state index contributed by atoms with van der Waals surface area (Å²) in [5, 5.41) is 22.2. The van der Waals surface area contributed by atoms with Gasteiger partial charge < -0.3 is 10.4 Å². The number of hydrazine groups is 1. The van der Waals surface area contributed by atoms with Crippen LogP contribution in [0.2, 0.25) is 0 Å². The maximum Gasteiger partial charge on any atom is 0.0654 e. The van der Waals surface area contributed by atoms with E-state index in [1.165, 1.54) is 14.1 Å². The van der Waals surface area contributed by atoms with Crippen molar-refractivity contribution in [3.05, 3.63) is 10.4 Å². The molecule has 9 heavy (non-hydrogen) atoms. The molecular weight excluding hydrogens is 161 g/mol. The Labute approximate surface area is 66.4 Å². The zero-order valence-electron chi connectivity index (χ0n) is 4.61. The van der Waals surface area contributed by atoms with Crippen molar-refractivity contribution >= 4 is 0 Å². The van der Waals surface area contributed by atoms with Gasteiger partial charge in [-0.25, -0.2) is 0 Å². The van der Waals surface area contributed by atoms with Crippen LogP contribution in [0, 0.1) is 10.4 Å². The summed E-state index contributed by atoms with van der Waals surface area (Å²) in [5.74, 6) is 0. The Bertz CT molecular complexity index is 85.1. The molecule has 0 saturated carbocycles. The van der Waals surface area contributed by atoms with Crippen molar-refractivity contribution in [2.24, 2.45) is 5.28 Å². The van der Waals surface area contributed by atoms with E-state index in [1.807, 2.05) is 5.28 Å². The second-order valence-electron chi connectivity index (χ2n) is 1.18.